The van der Waals surface area contributed by atoms with Crippen molar-refractivity contribution in [1.82, 2.24) is 10.2 Å². The summed E-state index contributed by atoms with van der Waals surface area (Å²) in [5.74, 6) is -0.0459. The second-order valence-corrected chi connectivity index (χ2v) is 13.8. The molecule has 1 unspecified atom stereocenters. The van der Waals surface area contributed by atoms with Gasteiger partial charge in [0.05, 0.1) is 17.7 Å². The van der Waals surface area contributed by atoms with E-state index in [-0.39, 0.29) is 29.7 Å². The third-order valence-corrected chi connectivity index (χ3v) is 9.48. The summed E-state index contributed by atoms with van der Waals surface area (Å²) in [7, 11) is -2.60. The van der Waals surface area contributed by atoms with E-state index in [1.54, 1.807) is 61.7 Å². The molecule has 2 amide bonds. The van der Waals surface area contributed by atoms with E-state index in [0.717, 1.165) is 19.9 Å². The number of sulfonamides is 1. The van der Waals surface area contributed by atoms with Gasteiger partial charge in [-0.3, -0.25) is 13.9 Å². The molecule has 8 nitrogen and oxygen atoms in total. The minimum Gasteiger partial charge on any atom is -0.497 e. The molecule has 0 spiro atoms. The number of nitrogens with zero attached hydrogens (tertiary/aromatic N) is 2. The number of carbonyl (C=O) groups is 2. The molecule has 0 fully saturated rings. The number of benzene rings is 4. The fraction of sp³-hybridized carbons (Fsp3) is 0.257. The van der Waals surface area contributed by atoms with Gasteiger partial charge in [-0.2, -0.15) is 0 Å². The molecule has 0 aromatic heterocycles. The summed E-state index contributed by atoms with van der Waals surface area (Å²) in [6.45, 7) is 3.96. The maximum absolute atomic E-state index is 14.5. The summed E-state index contributed by atoms with van der Waals surface area (Å²) in [4.78, 5) is 29.9. The van der Waals surface area contributed by atoms with Crippen LogP contribution in [0.4, 0.5) is 5.69 Å². The number of ether oxygens (including phenoxy) is 1. The second-order valence-electron chi connectivity index (χ2n) is 11.0. The van der Waals surface area contributed by atoms with Gasteiger partial charge in [0.15, 0.2) is 0 Å². The predicted octanol–water partition coefficient (Wildman–Crippen LogP) is 6.07. The summed E-state index contributed by atoms with van der Waals surface area (Å²) in [6.07, 6.45) is 0.240. The molecule has 0 saturated heterocycles. The summed E-state index contributed by atoms with van der Waals surface area (Å²) in [5.41, 5.74) is 1.92. The largest absolute Gasteiger partial charge is 0.497 e. The zero-order valence-corrected chi connectivity index (χ0v) is 28.0. The second kappa shape index (κ2) is 15.7. The van der Waals surface area contributed by atoms with Gasteiger partial charge in [0.2, 0.25) is 11.8 Å². The Morgan fingerprint density at radius 2 is 1.47 bits per heavy atom. The topological polar surface area (TPSA) is 96.0 Å². The van der Waals surface area contributed by atoms with Crippen molar-refractivity contribution < 1.29 is 22.7 Å². The number of carbonyl (C=O) groups excluding carboxylic acids is 2. The minimum absolute atomic E-state index is 0.0515. The van der Waals surface area contributed by atoms with E-state index in [1.807, 2.05) is 56.3 Å². The van der Waals surface area contributed by atoms with Gasteiger partial charge in [-0.1, -0.05) is 90.4 Å². The lowest BCUT2D eigenvalue weighted by atomic mass is 10.0. The van der Waals surface area contributed by atoms with Crippen molar-refractivity contribution in [3.05, 3.63) is 125 Å². The summed E-state index contributed by atoms with van der Waals surface area (Å²) in [6, 6.07) is 30.5. The van der Waals surface area contributed by atoms with Crippen LogP contribution in [0.3, 0.4) is 0 Å². The molecule has 4 rings (SSSR count). The molecule has 1 atom stereocenters. The van der Waals surface area contributed by atoms with Crippen molar-refractivity contribution in [3.8, 4) is 5.75 Å². The molecule has 0 aliphatic heterocycles. The molecule has 45 heavy (non-hydrogen) atoms. The minimum atomic E-state index is -4.16. The van der Waals surface area contributed by atoms with Crippen LogP contribution in [-0.4, -0.2) is 51.4 Å². The number of rotatable bonds is 14. The highest BCUT2D eigenvalue weighted by atomic mass is 79.9. The van der Waals surface area contributed by atoms with E-state index in [4.69, 9.17) is 4.74 Å². The van der Waals surface area contributed by atoms with Crippen LogP contribution in [0.5, 0.6) is 5.75 Å². The first-order chi connectivity index (χ1) is 21.6. The molecule has 0 saturated carbocycles. The number of amides is 2. The Morgan fingerprint density at radius 3 is 2.09 bits per heavy atom. The van der Waals surface area contributed by atoms with Crippen molar-refractivity contribution in [2.75, 3.05) is 24.5 Å². The number of methoxy groups -OCH3 is 1. The summed E-state index contributed by atoms with van der Waals surface area (Å²) >= 11 is 3.41. The van der Waals surface area contributed by atoms with E-state index in [9.17, 15) is 18.0 Å². The predicted molar refractivity (Wildman–Crippen MR) is 180 cm³/mol. The Labute approximate surface area is 274 Å². The number of nitrogens with one attached hydrogen (secondary N) is 1. The van der Waals surface area contributed by atoms with Gasteiger partial charge in [-0.15, -0.1) is 0 Å². The lowest BCUT2D eigenvalue weighted by Crippen LogP contribution is -2.53. The first-order valence-corrected chi connectivity index (χ1v) is 16.9. The van der Waals surface area contributed by atoms with E-state index in [1.165, 1.54) is 17.0 Å². The Bertz CT molecular complexity index is 1670. The molecule has 10 heteroatoms. The molecular formula is C35H38BrN3O5S. The summed E-state index contributed by atoms with van der Waals surface area (Å²) in [5, 5.41) is 3.00. The van der Waals surface area contributed by atoms with Crippen molar-refractivity contribution in [1.29, 1.82) is 0 Å². The van der Waals surface area contributed by atoms with Crippen LogP contribution >= 0.6 is 15.9 Å². The third kappa shape index (κ3) is 9.18. The Hall–Kier alpha value is -4.15. The number of hydrogen-bond acceptors (Lipinski definition) is 5. The van der Waals surface area contributed by atoms with Crippen LogP contribution in [-0.2, 0) is 32.6 Å². The smallest absolute Gasteiger partial charge is 0.264 e. The highest BCUT2D eigenvalue weighted by Crippen LogP contribution is 2.27. The molecule has 0 heterocycles. The standard InChI is InChI=1S/C35H38BrN3O5S/c1-26(2)23-37-35(41)33(22-27-11-6-4-7-12-27)38(24-28-13-10-14-31(21-28)44-3)34(40)25-39(30-19-17-29(36)18-20-30)45(42,43)32-15-8-5-9-16-32/h4-21,26,33H,22-25H2,1-3H3,(H,37,41). The number of hydrogen-bond donors (Lipinski definition) is 1. The van der Waals surface area contributed by atoms with Crippen LogP contribution in [0.2, 0.25) is 0 Å². The Kier molecular flexibility index (Phi) is 11.8. The van der Waals surface area contributed by atoms with Gasteiger partial charge in [-0.05, 0) is 65.6 Å². The van der Waals surface area contributed by atoms with Gasteiger partial charge < -0.3 is 15.0 Å². The van der Waals surface area contributed by atoms with Gasteiger partial charge >= 0.3 is 0 Å². The molecule has 4 aromatic carbocycles. The normalized spacial score (nSPS) is 11.9. The first-order valence-electron chi connectivity index (χ1n) is 14.7. The molecule has 4 aromatic rings. The number of halogens is 1. The Balaban J connectivity index is 1.80. The highest BCUT2D eigenvalue weighted by Gasteiger charge is 2.34. The van der Waals surface area contributed by atoms with E-state index >= 15 is 0 Å². The SMILES string of the molecule is COc1cccc(CN(C(=O)CN(c2ccc(Br)cc2)S(=O)(=O)c2ccccc2)C(Cc2ccccc2)C(=O)NCC(C)C)c1. The van der Waals surface area contributed by atoms with Crippen LogP contribution < -0.4 is 14.4 Å². The van der Waals surface area contributed by atoms with Crippen LogP contribution in [0, 0.1) is 5.92 Å². The number of anilines is 1. The maximum Gasteiger partial charge on any atom is 0.264 e. The average molecular weight is 693 g/mol. The molecule has 0 bridgehead atoms. The van der Waals surface area contributed by atoms with E-state index < -0.39 is 28.5 Å². The first kappa shape index (κ1) is 33.7. The molecule has 0 radical (unpaired) electrons. The zero-order chi connectivity index (χ0) is 32.4. The third-order valence-electron chi connectivity index (χ3n) is 7.17. The zero-order valence-electron chi connectivity index (χ0n) is 25.6. The van der Waals surface area contributed by atoms with Crippen molar-refractivity contribution in [3.63, 3.8) is 0 Å². The highest BCUT2D eigenvalue weighted by molar-refractivity contribution is 9.10. The van der Waals surface area contributed by atoms with Gasteiger partial charge in [0.25, 0.3) is 10.0 Å². The van der Waals surface area contributed by atoms with E-state index in [2.05, 4.69) is 21.2 Å². The lowest BCUT2D eigenvalue weighted by Gasteiger charge is -2.34. The van der Waals surface area contributed by atoms with Crippen LogP contribution in [0.15, 0.2) is 119 Å². The van der Waals surface area contributed by atoms with Crippen molar-refractivity contribution in [2.45, 2.75) is 37.8 Å². The van der Waals surface area contributed by atoms with Gasteiger partial charge in [-0.25, -0.2) is 8.42 Å². The van der Waals surface area contributed by atoms with Crippen LogP contribution in [0.1, 0.15) is 25.0 Å². The average Bonchev–Trinajstić information content (AvgIpc) is 3.05. The van der Waals surface area contributed by atoms with Crippen molar-refractivity contribution in [2.24, 2.45) is 5.92 Å². The Morgan fingerprint density at radius 1 is 0.844 bits per heavy atom. The lowest BCUT2D eigenvalue weighted by molar-refractivity contribution is -0.140. The van der Waals surface area contributed by atoms with Gasteiger partial charge in [0.1, 0.15) is 18.3 Å². The molecular weight excluding hydrogens is 654 g/mol. The molecule has 236 valence electrons. The molecule has 1 N–H and O–H groups in total. The monoisotopic (exact) mass is 691 g/mol. The fourth-order valence-electron chi connectivity index (χ4n) is 4.80. The molecule has 0 aliphatic rings. The quantitative estimate of drug-likeness (QED) is 0.173. The fourth-order valence-corrected chi connectivity index (χ4v) is 6.50. The van der Waals surface area contributed by atoms with Crippen molar-refractivity contribution >= 4 is 43.5 Å². The van der Waals surface area contributed by atoms with Gasteiger partial charge in [0, 0.05) is 24.0 Å². The summed E-state index contributed by atoms with van der Waals surface area (Å²) < 4.78 is 35.4. The molecule has 0 aliphatic carbocycles. The maximum atomic E-state index is 14.5. The van der Waals surface area contributed by atoms with Crippen LogP contribution in [0.25, 0.3) is 0 Å². The van der Waals surface area contributed by atoms with E-state index in [0.29, 0.717) is 18.0 Å².